The number of aliphatic hydroxyl groups is 1. The number of aromatic nitrogens is 1. The Bertz CT molecular complexity index is 1320. The summed E-state index contributed by atoms with van der Waals surface area (Å²) in [5.74, 6) is -0.283. The molecule has 0 saturated carbocycles. The van der Waals surface area contributed by atoms with Gasteiger partial charge in [0.25, 0.3) is 5.91 Å². The van der Waals surface area contributed by atoms with Crippen LogP contribution in [0.4, 0.5) is 4.79 Å². The number of piperazine rings is 1. The molecule has 1 N–H and O–H groups in total. The maximum Gasteiger partial charge on any atom is 0.320 e. The Balaban J connectivity index is 1.19. The lowest BCUT2D eigenvalue weighted by Gasteiger charge is -2.34. The van der Waals surface area contributed by atoms with Gasteiger partial charge in [-0.3, -0.25) is 19.5 Å². The molecule has 4 amide bonds. The molecule has 0 bridgehead atoms. The highest BCUT2D eigenvalue weighted by atomic mass is 16.3. The van der Waals surface area contributed by atoms with E-state index in [2.05, 4.69) is 28.1 Å². The number of nitrogens with zero attached hydrogens (tertiary/aromatic N) is 7. The number of pyridine rings is 1. The van der Waals surface area contributed by atoms with E-state index in [0.717, 1.165) is 19.5 Å². The molecule has 1 aromatic carbocycles. The average Bonchev–Trinajstić information content (AvgIpc) is 3.30. The molecule has 11 heteroatoms. The Labute approximate surface area is 234 Å². The van der Waals surface area contributed by atoms with Crippen LogP contribution in [-0.2, 0) is 24.3 Å². The van der Waals surface area contributed by atoms with Crippen LogP contribution in [0.5, 0.6) is 0 Å². The molecule has 5 rings (SSSR count). The molecule has 2 saturated heterocycles. The van der Waals surface area contributed by atoms with Gasteiger partial charge in [0.15, 0.2) is 0 Å². The van der Waals surface area contributed by atoms with Crippen molar-refractivity contribution in [3.8, 4) is 6.07 Å². The third kappa shape index (κ3) is 6.08. The van der Waals surface area contributed by atoms with E-state index in [4.69, 9.17) is 0 Å². The number of urea groups is 1. The van der Waals surface area contributed by atoms with Crippen molar-refractivity contribution in [2.24, 2.45) is 0 Å². The monoisotopic (exact) mass is 545 g/mol. The summed E-state index contributed by atoms with van der Waals surface area (Å²) >= 11 is 0. The first-order chi connectivity index (χ1) is 19.3. The fraction of sp³-hybridized carbons (Fsp3) is 0.483. The minimum absolute atomic E-state index is 0.0237. The summed E-state index contributed by atoms with van der Waals surface area (Å²) in [7, 11) is 0. The first-order valence-electron chi connectivity index (χ1n) is 13.8. The summed E-state index contributed by atoms with van der Waals surface area (Å²) in [6.45, 7) is 6.66. The van der Waals surface area contributed by atoms with Gasteiger partial charge in [-0.15, -0.1) is 0 Å². The van der Waals surface area contributed by atoms with Crippen molar-refractivity contribution < 1.29 is 19.5 Å². The smallest absolute Gasteiger partial charge is 0.320 e. The molecule has 210 valence electrons. The maximum absolute atomic E-state index is 13.4. The normalized spacial score (nSPS) is 18.5. The van der Waals surface area contributed by atoms with Crippen LogP contribution in [0.1, 0.15) is 39.7 Å². The second kappa shape index (κ2) is 12.0. The number of hydrogen-bond donors (Lipinski definition) is 1. The number of rotatable bonds is 7. The van der Waals surface area contributed by atoms with Crippen molar-refractivity contribution in [3.63, 3.8) is 0 Å². The minimum atomic E-state index is -0.673. The summed E-state index contributed by atoms with van der Waals surface area (Å²) < 4.78 is 0. The average molecular weight is 546 g/mol. The van der Waals surface area contributed by atoms with Gasteiger partial charge in [0.05, 0.1) is 29.5 Å². The second-order valence-corrected chi connectivity index (χ2v) is 10.7. The fourth-order valence-electron chi connectivity index (χ4n) is 5.71. The third-order valence-electron chi connectivity index (χ3n) is 7.97. The van der Waals surface area contributed by atoms with Crippen molar-refractivity contribution in [2.45, 2.75) is 32.5 Å². The van der Waals surface area contributed by atoms with E-state index in [0.29, 0.717) is 57.1 Å². The van der Waals surface area contributed by atoms with E-state index >= 15 is 0 Å². The lowest BCUT2D eigenvalue weighted by atomic mass is 10.00. The van der Waals surface area contributed by atoms with Gasteiger partial charge >= 0.3 is 6.03 Å². The zero-order valence-corrected chi connectivity index (χ0v) is 22.8. The highest BCUT2D eigenvalue weighted by molar-refractivity contribution is 5.96. The Hall–Kier alpha value is -4.01. The third-order valence-corrected chi connectivity index (χ3v) is 7.97. The van der Waals surface area contributed by atoms with Gasteiger partial charge in [-0.1, -0.05) is 24.3 Å². The van der Waals surface area contributed by atoms with Crippen molar-refractivity contribution in [1.82, 2.24) is 29.5 Å². The van der Waals surface area contributed by atoms with Gasteiger partial charge in [-0.2, -0.15) is 5.26 Å². The van der Waals surface area contributed by atoms with Crippen molar-refractivity contribution >= 4 is 17.8 Å². The molecule has 0 radical (unpaired) electrons. The molecule has 0 spiro atoms. The molecular formula is C29H35N7O4. The molecule has 4 heterocycles. The predicted octanol–water partition coefficient (Wildman–Crippen LogP) is 0.914. The van der Waals surface area contributed by atoms with E-state index in [-0.39, 0.29) is 36.5 Å². The molecule has 2 fully saturated rings. The fourth-order valence-corrected chi connectivity index (χ4v) is 5.71. The van der Waals surface area contributed by atoms with Crippen molar-refractivity contribution in [1.29, 1.82) is 5.26 Å². The number of carbonyl (C=O) groups is 3. The lowest BCUT2D eigenvalue weighted by molar-refractivity contribution is -0.130. The Kier molecular flexibility index (Phi) is 8.28. The summed E-state index contributed by atoms with van der Waals surface area (Å²) in [4.78, 5) is 51.5. The zero-order chi connectivity index (χ0) is 28.2. The highest BCUT2D eigenvalue weighted by Crippen LogP contribution is 2.21. The summed E-state index contributed by atoms with van der Waals surface area (Å²) in [5, 5.41) is 20.2. The number of nitriles is 1. The predicted molar refractivity (Wildman–Crippen MR) is 146 cm³/mol. The molecule has 1 atom stereocenters. The zero-order valence-electron chi connectivity index (χ0n) is 22.8. The van der Waals surface area contributed by atoms with E-state index in [1.165, 1.54) is 30.3 Å². The summed E-state index contributed by atoms with van der Waals surface area (Å²) in [6.07, 6.45) is 1.69. The van der Waals surface area contributed by atoms with Crippen LogP contribution < -0.4 is 0 Å². The van der Waals surface area contributed by atoms with Gasteiger partial charge in [-0.05, 0) is 23.6 Å². The number of fused-ring (bicyclic) bond motifs is 1. The molecule has 0 aliphatic carbocycles. The topological polar surface area (TPSA) is 124 Å². The van der Waals surface area contributed by atoms with Crippen LogP contribution in [0, 0.1) is 11.3 Å². The van der Waals surface area contributed by atoms with Crippen LogP contribution in [-0.4, -0.2) is 117 Å². The molecule has 0 unspecified atom stereocenters. The van der Waals surface area contributed by atoms with E-state index in [1.54, 1.807) is 19.6 Å². The van der Waals surface area contributed by atoms with E-state index < -0.39 is 6.10 Å². The number of hydrogen-bond acceptors (Lipinski definition) is 7. The number of carbonyl (C=O) groups excluding carboxylic acids is 3. The van der Waals surface area contributed by atoms with Crippen LogP contribution in [0.15, 0.2) is 36.5 Å². The van der Waals surface area contributed by atoms with Gasteiger partial charge in [0.2, 0.25) is 5.91 Å². The summed E-state index contributed by atoms with van der Waals surface area (Å²) in [6, 6.07) is 11.7. The quantitative estimate of drug-likeness (QED) is 0.549. The van der Waals surface area contributed by atoms with Crippen LogP contribution >= 0.6 is 0 Å². The van der Waals surface area contributed by atoms with Gasteiger partial charge in [0, 0.05) is 78.6 Å². The molecular weight excluding hydrogens is 510 g/mol. The highest BCUT2D eigenvalue weighted by Gasteiger charge is 2.33. The van der Waals surface area contributed by atoms with E-state index in [1.807, 2.05) is 12.1 Å². The molecule has 3 aliphatic heterocycles. The lowest BCUT2D eigenvalue weighted by Crippen LogP contribution is -2.50. The molecule has 1 aromatic heterocycles. The minimum Gasteiger partial charge on any atom is -0.390 e. The first kappa shape index (κ1) is 27.6. The standard InChI is InChI=1S/C29H35N7O4/c1-21(37)33-8-10-34(11-9-33)28(39)26-14-22(15-30)16-31-27(26)20-36-13-12-35(29(36)40)19-25(38)18-32-7-6-23-4-2-3-5-24(23)17-32/h2-5,14,16,25,38H,6-13,17-20H2,1H3/t25-/m1/s1. The molecule has 11 nitrogen and oxygen atoms in total. The van der Waals surface area contributed by atoms with Crippen LogP contribution in [0.3, 0.4) is 0 Å². The first-order valence-corrected chi connectivity index (χ1v) is 13.8. The number of aliphatic hydroxyl groups excluding tert-OH is 1. The molecule has 2 aromatic rings. The Morgan fingerprint density at radius 2 is 1.70 bits per heavy atom. The van der Waals surface area contributed by atoms with Crippen molar-refractivity contribution in [3.05, 3.63) is 64.5 Å². The Morgan fingerprint density at radius 3 is 2.42 bits per heavy atom. The van der Waals surface area contributed by atoms with Gasteiger partial charge in [0.1, 0.15) is 6.07 Å². The van der Waals surface area contributed by atoms with E-state index in [9.17, 15) is 24.8 Å². The Morgan fingerprint density at radius 1 is 1.00 bits per heavy atom. The summed E-state index contributed by atoms with van der Waals surface area (Å²) in [5.41, 5.74) is 3.64. The molecule has 40 heavy (non-hydrogen) atoms. The maximum atomic E-state index is 13.4. The number of benzene rings is 1. The SMILES string of the molecule is CC(=O)N1CCN(C(=O)c2cc(C#N)cnc2CN2CCN(C[C@H](O)CN3CCc4ccccc4C3)C2=O)CC1. The van der Waals surface area contributed by atoms with Crippen molar-refractivity contribution in [2.75, 3.05) is 58.9 Å². The number of amides is 4. The second-order valence-electron chi connectivity index (χ2n) is 10.7. The van der Waals surface area contributed by atoms with Crippen LogP contribution in [0.2, 0.25) is 0 Å². The van der Waals surface area contributed by atoms with Gasteiger partial charge < -0.3 is 24.7 Å². The number of β-amino-alcohol motifs (C(OH)–C–C–N with tert-alkyl or cyclic N) is 1. The largest absolute Gasteiger partial charge is 0.390 e. The van der Waals surface area contributed by atoms with Crippen LogP contribution in [0.25, 0.3) is 0 Å². The molecule has 3 aliphatic rings. The van der Waals surface area contributed by atoms with Gasteiger partial charge in [-0.25, -0.2) is 4.79 Å².